The molecule has 0 radical (unpaired) electrons. The van der Waals surface area contributed by atoms with Crippen LogP contribution in [0.2, 0.25) is 0 Å². The molecule has 102 valence electrons. The average Bonchev–Trinajstić information content (AvgIpc) is 2.28. The molecule has 0 spiro atoms. The highest BCUT2D eigenvalue weighted by atomic mass is 32.2. The van der Waals surface area contributed by atoms with Crippen molar-refractivity contribution in [2.75, 3.05) is 36.5 Å². The lowest BCUT2D eigenvalue weighted by Gasteiger charge is -2.08. The molecule has 0 aromatic carbocycles. The Morgan fingerprint density at radius 1 is 1.28 bits per heavy atom. The number of hydrogen-bond donors (Lipinski definition) is 3. The van der Waals surface area contributed by atoms with E-state index in [9.17, 15) is 8.42 Å². The standard InChI is InChI=1S/C11H20N4O2S/c1-3-12-11-9-10(5-8-14-11)13-6-4-7-15-18(2,16)17/h5,8-9,15H,3-4,6-7H2,1-2H3,(H2,12,13,14). The first-order valence-corrected chi connectivity index (χ1v) is 7.79. The van der Waals surface area contributed by atoms with Crippen molar-refractivity contribution in [2.45, 2.75) is 13.3 Å². The molecule has 0 aliphatic carbocycles. The Balaban J connectivity index is 2.28. The highest BCUT2D eigenvalue weighted by Crippen LogP contribution is 2.11. The van der Waals surface area contributed by atoms with E-state index in [1.54, 1.807) is 6.20 Å². The molecule has 7 heteroatoms. The van der Waals surface area contributed by atoms with Crippen LogP contribution in [0.15, 0.2) is 18.3 Å². The summed E-state index contributed by atoms with van der Waals surface area (Å²) in [7, 11) is -3.08. The first kappa shape index (κ1) is 14.7. The van der Waals surface area contributed by atoms with Gasteiger partial charge in [-0.15, -0.1) is 0 Å². The normalized spacial score (nSPS) is 11.2. The molecule has 18 heavy (non-hydrogen) atoms. The molecule has 0 aliphatic heterocycles. The molecule has 3 N–H and O–H groups in total. The lowest BCUT2D eigenvalue weighted by atomic mass is 10.3. The van der Waals surface area contributed by atoms with Crippen LogP contribution < -0.4 is 15.4 Å². The second kappa shape index (κ2) is 7.17. The van der Waals surface area contributed by atoms with Gasteiger partial charge in [-0.25, -0.2) is 18.1 Å². The molecule has 0 unspecified atom stereocenters. The van der Waals surface area contributed by atoms with Gasteiger partial charge < -0.3 is 10.6 Å². The molecule has 1 heterocycles. The number of hydrogen-bond acceptors (Lipinski definition) is 5. The first-order chi connectivity index (χ1) is 8.51. The van der Waals surface area contributed by atoms with Gasteiger partial charge in [-0.05, 0) is 19.4 Å². The lowest BCUT2D eigenvalue weighted by molar-refractivity contribution is 0.586. The van der Waals surface area contributed by atoms with E-state index in [4.69, 9.17) is 0 Å². The summed E-state index contributed by atoms with van der Waals surface area (Å²) >= 11 is 0. The minimum Gasteiger partial charge on any atom is -0.385 e. The van der Waals surface area contributed by atoms with Crippen LogP contribution in [0.4, 0.5) is 11.5 Å². The fourth-order valence-electron chi connectivity index (χ4n) is 1.40. The van der Waals surface area contributed by atoms with Crippen molar-refractivity contribution in [1.82, 2.24) is 9.71 Å². The van der Waals surface area contributed by atoms with E-state index in [1.807, 2.05) is 19.1 Å². The smallest absolute Gasteiger partial charge is 0.208 e. The van der Waals surface area contributed by atoms with Crippen molar-refractivity contribution < 1.29 is 8.42 Å². The Hall–Kier alpha value is -1.34. The third-order valence-corrected chi connectivity index (χ3v) is 2.89. The molecule has 6 nitrogen and oxygen atoms in total. The number of nitrogens with zero attached hydrogens (tertiary/aromatic N) is 1. The molecule has 0 atom stereocenters. The van der Waals surface area contributed by atoms with Gasteiger partial charge in [-0.3, -0.25) is 0 Å². The third kappa shape index (κ3) is 6.41. The van der Waals surface area contributed by atoms with E-state index in [0.717, 1.165) is 30.7 Å². The van der Waals surface area contributed by atoms with Crippen LogP contribution in [0.3, 0.4) is 0 Å². The quantitative estimate of drug-likeness (QED) is 0.612. The predicted molar refractivity (Wildman–Crippen MR) is 74.4 cm³/mol. The molecule has 0 amide bonds. The van der Waals surface area contributed by atoms with Gasteiger partial charge in [-0.1, -0.05) is 0 Å². The number of rotatable bonds is 8. The molecule has 1 aromatic rings. The van der Waals surface area contributed by atoms with Crippen LogP contribution in [0.25, 0.3) is 0 Å². The van der Waals surface area contributed by atoms with Crippen LogP contribution >= 0.6 is 0 Å². The third-order valence-electron chi connectivity index (χ3n) is 2.16. The lowest BCUT2D eigenvalue weighted by Crippen LogP contribution is -2.24. The number of aromatic nitrogens is 1. The maximum Gasteiger partial charge on any atom is 0.208 e. The molecule has 0 saturated carbocycles. The second-order valence-electron chi connectivity index (χ2n) is 3.91. The van der Waals surface area contributed by atoms with Gasteiger partial charge in [-0.2, -0.15) is 0 Å². The SMILES string of the molecule is CCNc1cc(NCCCNS(C)(=O)=O)ccn1. The van der Waals surface area contributed by atoms with E-state index in [0.29, 0.717) is 13.1 Å². The Kier molecular flexibility index (Phi) is 5.87. The van der Waals surface area contributed by atoms with Crippen LogP contribution in [0.1, 0.15) is 13.3 Å². The minimum absolute atomic E-state index is 0.441. The van der Waals surface area contributed by atoms with E-state index in [-0.39, 0.29) is 0 Å². The molecule has 0 bridgehead atoms. The number of anilines is 2. The minimum atomic E-state index is -3.08. The molecule has 0 aliphatic rings. The van der Waals surface area contributed by atoms with Gasteiger partial charge in [0.05, 0.1) is 6.26 Å². The summed E-state index contributed by atoms with van der Waals surface area (Å²) < 4.78 is 24.1. The van der Waals surface area contributed by atoms with Gasteiger partial charge in [0, 0.05) is 37.6 Å². The Bertz CT molecular complexity index is 462. The highest BCUT2D eigenvalue weighted by molar-refractivity contribution is 7.88. The highest BCUT2D eigenvalue weighted by Gasteiger charge is 1.99. The summed E-state index contributed by atoms with van der Waals surface area (Å²) in [5, 5.41) is 6.34. The second-order valence-corrected chi connectivity index (χ2v) is 5.74. The Labute approximate surface area is 108 Å². The molecule has 1 rings (SSSR count). The zero-order valence-corrected chi connectivity index (χ0v) is 11.5. The maximum absolute atomic E-state index is 10.8. The van der Waals surface area contributed by atoms with Crippen molar-refractivity contribution in [2.24, 2.45) is 0 Å². The fraction of sp³-hybridized carbons (Fsp3) is 0.545. The van der Waals surface area contributed by atoms with Crippen LogP contribution in [0.5, 0.6) is 0 Å². The van der Waals surface area contributed by atoms with Gasteiger partial charge in [0.1, 0.15) is 5.82 Å². The van der Waals surface area contributed by atoms with Crippen LogP contribution in [0, 0.1) is 0 Å². The van der Waals surface area contributed by atoms with E-state index in [1.165, 1.54) is 0 Å². The molecule has 0 fully saturated rings. The fourth-order valence-corrected chi connectivity index (χ4v) is 1.91. The van der Waals surface area contributed by atoms with E-state index in [2.05, 4.69) is 20.3 Å². The van der Waals surface area contributed by atoms with Crippen molar-refractivity contribution >= 4 is 21.5 Å². The first-order valence-electron chi connectivity index (χ1n) is 5.89. The van der Waals surface area contributed by atoms with Crippen LogP contribution in [-0.2, 0) is 10.0 Å². The van der Waals surface area contributed by atoms with Gasteiger partial charge in [0.25, 0.3) is 0 Å². The summed E-state index contributed by atoms with van der Waals surface area (Å²) in [4.78, 5) is 4.16. The molecular formula is C11H20N4O2S. The molecule has 1 aromatic heterocycles. The average molecular weight is 272 g/mol. The maximum atomic E-state index is 10.8. The summed E-state index contributed by atoms with van der Waals surface area (Å²) in [5.74, 6) is 0.830. The predicted octanol–water partition coefficient (Wildman–Crippen LogP) is 0.865. The molecule has 0 saturated heterocycles. The Morgan fingerprint density at radius 3 is 2.72 bits per heavy atom. The van der Waals surface area contributed by atoms with Gasteiger partial charge >= 0.3 is 0 Å². The largest absolute Gasteiger partial charge is 0.385 e. The van der Waals surface area contributed by atoms with Crippen molar-refractivity contribution in [3.8, 4) is 0 Å². The number of pyridine rings is 1. The van der Waals surface area contributed by atoms with E-state index < -0.39 is 10.0 Å². The summed E-state index contributed by atoms with van der Waals surface area (Å²) in [6.45, 7) is 3.99. The number of nitrogens with one attached hydrogen (secondary N) is 3. The number of sulfonamides is 1. The monoisotopic (exact) mass is 272 g/mol. The molecular weight excluding hydrogens is 252 g/mol. The zero-order valence-electron chi connectivity index (χ0n) is 10.7. The van der Waals surface area contributed by atoms with Crippen molar-refractivity contribution in [3.05, 3.63) is 18.3 Å². The van der Waals surface area contributed by atoms with Gasteiger partial charge in [0.2, 0.25) is 10.0 Å². The van der Waals surface area contributed by atoms with E-state index >= 15 is 0 Å². The summed E-state index contributed by atoms with van der Waals surface area (Å²) in [5.41, 5.74) is 0.973. The Morgan fingerprint density at radius 2 is 2.06 bits per heavy atom. The topological polar surface area (TPSA) is 83.1 Å². The van der Waals surface area contributed by atoms with Crippen molar-refractivity contribution in [1.29, 1.82) is 0 Å². The zero-order chi connectivity index (χ0) is 13.4. The van der Waals surface area contributed by atoms with Crippen molar-refractivity contribution in [3.63, 3.8) is 0 Å². The summed E-state index contributed by atoms with van der Waals surface area (Å²) in [6, 6.07) is 3.80. The van der Waals surface area contributed by atoms with Crippen LogP contribution in [-0.4, -0.2) is 39.3 Å². The van der Waals surface area contributed by atoms with Gasteiger partial charge in [0.15, 0.2) is 0 Å². The summed E-state index contributed by atoms with van der Waals surface area (Å²) in [6.07, 6.45) is 3.62.